The van der Waals surface area contributed by atoms with E-state index >= 15 is 0 Å². The fraction of sp³-hybridized carbons (Fsp3) is 1.00. The van der Waals surface area contributed by atoms with Crippen LogP contribution < -0.4 is 4.52 Å². The molecule has 2 atom stereocenters. The predicted molar refractivity (Wildman–Crippen MR) is 52.7 cm³/mol. The van der Waals surface area contributed by atoms with Crippen LogP contribution >= 0.6 is 25.1 Å². The van der Waals surface area contributed by atoms with Crippen LogP contribution in [0.4, 0.5) is 35.1 Å². The fourth-order valence-corrected chi connectivity index (χ4v) is 4.95. The Labute approximate surface area is 104 Å². The molecule has 1 aromatic heterocycles. The summed E-state index contributed by atoms with van der Waals surface area (Å²) in [6, 6.07) is -5.34. The van der Waals surface area contributed by atoms with E-state index in [9.17, 15) is 35.1 Å². The van der Waals surface area contributed by atoms with Crippen LogP contribution in [0.1, 0.15) is 0 Å². The van der Waals surface area contributed by atoms with Crippen LogP contribution in [0, 0.1) is 0 Å². The minimum Gasteiger partial charge on any atom is -0.295 e. The normalized spacial score (nSPS) is 15.5. The van der Waals surface area contributed by atoms with Gasteiger partial charge in [0.2, 0.25) is 0 Å². The summed E-state index contributed by atoms with van der Waals surface area (Å²) in [6.07, 6.45) is -10.8. The Bertz CT molecular complexity index is 450. The van der Waals surface area contributed by atoms with Crippen LogP contribution in [-0.2, 0) is 6.05 Å². The van der Waals surface area contributed by atoms with Crippen molar-refractivity contribution in [3.8, 4) is 0 Å². The zero-order chi connectivity index (χ0) is 14.9. The molecule has 0 fully saturated rings. The summed E-state index contributed by atoms with van der Waals surface area (Å²) in [5, 5.41) is 0. The largest absolute Gasteiger partial charge is 0.476 e. The zero-order valence-corrected chi connectivity index (χ0v) is 11.2. The number of rotatable bonds is 3. The van der Waals surface area contributed by atoms with Crippen molar-refractivity contribution in [1.82, 2.24) is 13.1 Å². The van der Waals surface area contributed by atoms with Crippen molar-refractivity contribution in [3.63, 3.8) is 0 Å². The molecule has 15 heteroatoms. The molecule has 0 spiro atoms. The van der Waals surface area contributed by atoms with E-state index in [1.807, 2.05) is 4.51 Å². The molecule has 112 valence electrons. The Morgan fingerprint density at radius 1 is 1.16 bits per heavy atom. The number of aromatic amines is 1. The second-order valence-corrected chi connectivity index (χ2v) is 6.92. The smallest absolute Gasteiger partial charge is 0.295 e. The van der Waals surface area contributed by atoms with E-state index in [1.165, 1.54) is 0 Å². The molecule has 0 saturated carbocycles. The first-order chi connectivity index (χ1) is 8.45. The van der Waals surface area contributed by atoms with E-state index in [1.54, 1.807) is 0 Å². The molecular formula is C4H4F8N3OP3. The third-order valence-electron chi connectivity index (χ3n) is 1.44. The maximum absolute atomic E-state index is 13.0. The second-order valence-electron chi connectivity index (χ2n) is 2.90. The second kappa shape index (κ2) is 5.60. The van der Waals surface area contributed by atoms with Gasteiger partial charge in [-0.1, -0.05) is 0 Å². The molecule has 0 saturated heterocycles. The third-order valence-corrected chi connectivity index (χ3v) is 5.48. The molecule has 0 aliphatic rings. The van der Waals surface area contributed by atoms with Crippen LogP contribution in [0.2, 0.25) is 0 Å². The standard InChI is InChI=1S/C4H4F8N3OP3/c5-2(6,7)1-16-19-14-17-13-18-15(19)4(11,12)3(8,9)10/h14,17H,1H2. The maximum Gasteiger partial charge on any atom is 0.476 e. The molecule has 0 amide bonds. The molecule has 0 aliphatic carbocycles. The highest BCUT2D eigenvalue weighted by Gasteiger charge is 2.60. The van der Waals surface area contributed by atoms with Crippen molar-refractivity contribution >= 4 is 25.1 Å². The Morgan fingerprint density at radius 2 is 1.74 bits per heavy atom. The van der Waals surface area contributed by atoms with E-state index in [-0.39, 0.29) is 0 Å². The third kappa shape index (κ3) is 4.34. The number of hydrogen-bond acceptors (Lipinski definition) is 2. The molecule has 2 unspecified atom stereocenters. The van der Waals surface area contributed by atoms with Crippen LogP contribution in [0.3, 0.4) is 0 Å². The lowest BCUT2D eigenvalue weighted by Crippen LogP contribution is -2.38. The fourth-order valence-electron chi connectivity index (χ4n) is 0.718. The molecule has 0 aliphatic heterocycles. The van der Waals surface area contributed by atoms with Crippen molar-refractivity contribution in [3.05, 3.63) is 0 Å². The quantitative estimate of drug-likeness (QED) is 0.832. The van der Waals surface area contributed by atoms with Crippen molar-refractivity contribution in [2.75, 3.05) is 6.61 Å². The van der Waals surface area contributed by atoms with Gasteiger partial charge in [0.25, 0.3) is 0 Å². The minimum absolute atomic E-state index is 0.593. The van der Waals surface area contributed by atoms with E-state index in [0.717, 1.165) is 0 Å². The first-order valence-electron chi connectivity index (χ1n) is 4.11. The van der Waals surface area contributed by atoms with Gasteiger partial charge in [-0.15, -0.1) is 0 Å². The summed E-state index contributed by atoms with van der Waals surface area (Å²) in [4.78, 5) is 0. The predicted octanol–water partition coefficient (Wildman–Crippen LogP) is 4.04. The molecule has 4 nitrogen and oxygen atoms in total. The monoisotopic (exact) mass is 355 g/mol. The molecule has 1 aromatic rings. The zero-order valence-electron chi connectivity index (χ0n) is 8.43. The van der Waals surface area contributed by atoms with Crippen LogP contribution in [0.15, 0.2) is 0 Å². The van der Waals surface area contributed by atoms with Crippen LogP contribution in [0.25, 0.3) is 0 Å². The molecule has 1 rings (SSSR count). The van der Waals surface area contributed by atoms with Crippen molar-refractivity contribution in [1.29, 1.82) is 0 Å². The Balaban J connectivity index is 3.09. The number of nitrogens with one attached hydrogen (secondary N) is 1. The van der Waals surface area contributed by atoms with E-state index in [2.05, 4.69) is 9.03 Å². The van der Waals surface area contributed by atoms with Gasteiger partial charge in [0.1, 0.15) is 8.51 Å². The summed E-state index contributed by atoms with van der Waals surface area (Å²) in [7, 11) is -4.37. The molecule has 19 heavy (non-hydrogen) atoms. The van der Waals surface area contributed by atoms with Gasteiger partial charge in [0.05, 0.1) is 0 Å². The van der Waals surface area contributed by atoms with E-state index in [4.69, 9.17) is 0 Å². The lowest BCUT2D eigenvalue weighted by atomic mass is 10.6. The Kier molecular flexibility index (Phi) is 4.93. The van der Waals surface area contributed by atoms with Crippen LogP contribution in [0.5, 0.6) is 0 Å². The minimum atomic E-state index is -5.94. The molecule has 0 aromatic carbocycles. The number of halogens is 8. The number of hydrogen-bond donors (Lipinski definition) is 1. The van der Waals surface area contributed by atoms with Gasteiger partial charge >= 0.3 is 18.4 Å². The molecular weight excluding hydrogens is 351 g/mol. The van der Waals surface area contributed by atoms with E-state index < -0.39 is 54.2 Å². The molecule has 0 radical (unpaired) electrons. The SMILES string of the molecule is FC(F)(F)COp1[nH][pH]npn1C(F)(F)C(F)(F)F. The highest BCUT2D eigenvalue weighted by molar-refractivity contribution is 7.51. The lowest BCUT2D eigenvalue weighted by molar-refractivity contribution is -0.317. The van der Waals surface area contributed by atoms with Crippen molar-refractivity contribution < 1.29 is 39.6 Å². The highest BCUT2D eigenvalue weighted by Crippen LogP contribution is 2.46. The summed E-state index contributed by atoms with van der Waals surface area (Å²) in [5.74, 6) is 0. The number of H-pyrrole nitrogens is 1. The lowest BCUT2D eigenvalue weighted by Gasteiger charge is -2.23. The number of aromatic nitrogens is 3. The molecule has 1 N–H and O–H groups in total. The summed E-state index contributed by atoms with van der Waals surface area (Å²) < 4.78 is 107. The van der Waals surface area contributed by atoms with Crippen molar-refractivity contribution in [2.24, 2.45) is 0 Å². The first-order valence-corrected chi connectivity index (χ1v) is 7.07. The van der Waals surface area contributed by atoms with E-state index in [0.29, 0.717) is 0 Å². The topological polar surface area (TPSA) is 42.8 Å². The Hall–Kier alpha value is -0.300. The van der Waals surface area contributed by atoms with Gasteiger partial charge in [-0.3, -0.25) is 9.03 Å². The molecule has 1 heterocycles. The molecule has 0 bridgehead atoms. The van der Waals surface area contributed by atoms with Gasteiger partial charge in [0, 0.05) is 8.51 Å². The summed E-state index contributed by atoms with van der Waals surface area (Å²) >= 11 is 0. The average molecular weight is 355 g/mol. The van der Waals surface area contributed by atoms with Gasteiger partial charge in [-0.2, -0.15) is 43.7 Å². The number of alkyl halides is 8. The summed E-state index contributed by atoms with van der Waals surface area (Å²) in [5.41, 5.74) is 0. The van der Waals surface area contributed by atoms with Gasteiger partial charge in [-0.05, 0) is 0 Å². The van der Waals surface area contributed by atoms with Crippen LogP contribution in [-0.4, -0.2) is 32.1 Å². The van der Waals surface area contributed by atoms with Gasteiger partial charge in [0.15, 0.2) is 14.7 Å². The van der Waals surface area contributed by atoms with Crippen molar-refractivity contribution in [2.45, 2.75) is 18.4 Å². The number of nitrogens with zero attached hydrogens (tertiary/aromatic N) is 2. The van der Waals surface area contributed by atoms with Gasteiger partial charge in [-0.25, -0.2) is 0 Å². The highest BCUT2D eigenvalue weighted by atomic mass is 31.2. The maximum atomic E-state index is 13.0. The van der Waals surface area contributed by atoms with Gasteiger partial charge < -0.3 is 0 Å². The average Bonchev–Trinajstić information content (AvgIpc) is 2.24. The Morgan fingerprint density at radius 3 is 2.21 bits per heavy atom. The first kappa shape index (κ1) is 16.8. The summed E-state index contributed by atoms with van der Waals surface area (Å²) in [6.45, 7) is -1.93.